The number of hydrogen-bond acceptors (Lipinski definition) is 5. The first kappa shape index (κ1) is 16.3. The zero-order chi connectivity index (χ0) is 14.1. The van der Waals surface area contributed by atoms with Gasteiger partial charge in [0.1, 0.15) is 11.6 Å². The van der Waals surface area contributed by atoms with Crippen LogP contribution < -0.4 is 10.6 Å². The first-order valence-electron chi connectivity index (χ1n) is 6.03. The van der Waals surface area contributed by atoms with Crippen LogP contribution in [0.5, 0.6) is 0 Å². The molecule has 0 unspecified atom stereocenters. The summed E-state index contributed by atoms with van der Waals surface area (Å²) in [6.45, 7) is 2.62. The summed E-state index contributed by atoms with van der Waals surface area (Å²) >= 11 is 12.0. The van der Waals surface area contributed by atoms with Gasteiger partial charge in [-0.2, -0.15) is 0 Å². The largest absolute Gasteiger partial charge is 0.382 e. The Morgan fingerprint density at radius 1 is 1.16 bits per heavy atom. The number of hydrogen-bond donors (Lipinski definition) is 2. The SMILES string of the molecule is CNc1nc(NCCCOCCOC)c(Cl)cc1Cl. The summed E-state index contributed by atoms with van der Waals surface area (Å²) in [6.07, 6.45) is 0.860. The van der Waals surface area contributed by atoms with Crippen LogP contribution in [-0.4, -0.2) is 45.5 Å². The Bertz CT molecular complexity index is 391. The Kier molecular flexibility index (Phi) is 7.90. The predicted octanol–water partition coefficient (Wildman–Crippen LogP) is 2.90. The van der Waals surface area contributed by atoms with Gasteiger partial charge >= 0.3 is 0 Å². The lowest BCUT2D eigenvalue weighted by molar-refractivity contribution is 0.0705. The van der Waals surface area contributed by atoms with E-state index in [1.165, 1.54) is 0 Å². The zero-order valence-electron chi connectivity index (χ0n) is 11.1. The third-order valence-electron chi connectivity index (χ3n) is 2.36. The minimum Gasteiger partial charge on any atom is -0.382 e. The standard InChI is InChI=1S/C12H19Cl2N3O2/c1-15-11-9(13)8-10(14)12(17-11)16-4-3-5-19-7-6-18-2/h8H,3-7H2,1-2H3,(H2,15,16,17). The van der Waals surface area contributed by atoms with Gasteiger partial charge in [-0.25, -0.2) is 4.98 Å². The van der Waals surface area contributed by atoms with Crippen LogP contribution in [-0.2, 0) is 9.47 Å². The number of nitrogens with zero attached hydrogens (tertiary/aromatic N) is 1. The van der Waals surface area contributed by atoms with Gasteiger partial charge in [-0.1, -0.05) is 23.2 Å². The molecule has 0 atom stereocenters. The van der Waals surface area contributed by atoms with E-state index in [1.807, 2.05) is 0 Å². The molecule has 0 radical (unpaired) electrons. The van der Waals surface area contributed by atoms with E-state index in [0.717, 1.165) is 13.0 Å². The minimum absolute atomic E-state index is 0.501. The fourth-order valence-electron chi connectivity index (χ4n) is 1.39. The Hall–Kier alpha value is -0.750. The summed E-state index contributed by atoms with van der Waals surface area (Å²) in [5, 5.41) is 7.07. The maximum Gasteiger partial charge on any atom is 0.147 e. The highest BCUT2D eigenvalue weighted by Gasteiger charge is 2.07. The lowest BCUT2D eigenvalue weighted by Crippen LogP contribution is -2.10. The Balaban J connectivity index is 2.33. The smallest absolute Gasteiger partial charge is 0.147 e. The van der Waals surface area contributed by atoms with E-state index >= 15 is 0 Å². The second kappa shape index (κ2) is 9.20. The first-order chi connectivity index (χ1) is 9.19. The number of pyridine rings is 1. The highest BCUT2D eigenvalue weighted by atomic mass is 35.5. The highest BCUT2D eigenvalue weighted by molar-refractivity contribution is 6.37. The summed E-state index contributed by atoms with van der Waals surface area (Å²) in [4.78, 5) is 4.29. The van der Waals surface area contributed by atoms with Gasteiger partial charge in [0, 0.05) is 27.3 Å². The van der Waals surface area contributed by atoms with Gasteiger partial charge in [-0.05, 0) is 12.5 Å². The molecule has 0 aliphatic heterocycles. The molecule has 1 aromatic rings. The summed E-state index contributed by atoms with van der Waals surface area (Å²) in [6, 6.07) is 1.67. The summed E-state index contributed by atoms with van der Waals surface area (Å²) in [5.74, 6) is 1.22. The molecule has 0 fully saturated rings. The molecule has 1 aromatic heterocycles. The van der Waals surface area contributed by atoms with E-state index < -0.39 is 0 Å². The van der Waals surface area contributed by atoms with Crippen molar-refractivity contribution in [2.24, 2.45) is 0 Å². The van der Waals surface area contributed by atoms with Crippen LogP contribution in [0, 0.1) is 0 Å². The fourth-order valence-corrected chi connectivity index (χ4v) is 1.91. The van der Waals surface area contributed by atoms with E-state index in [-0.39, 0.29) is 0 Å². The molecular formula is C12H19Cl2N3O2. The predicted molar refractivity (Wildman–Crippen MR) is 79.6 cm³/mol. The van der Waals surface area contributed by atoms with Crippen LogP contribution in [0.2, 0.25) is 10.0 Å². The van der Waals surface area contributed by atoms with E-state index in [2.05, 4.69) is 15.6 Å². The molecule has 19 heavy (non-hydrogen) atoms. The lowest BCUT2D eigenvalue weighted by atomic mass is 10.4. The molecule has 0 amide bonds. The normalized spacial score (nSPS) is 10.5. The van der Waals surface area contributed by atoms with Gasteiger partial charge < -0.3 is 20.1 Å². The van der Waals surface area contributed by atoms with Gasteiger partial charge in [-0.3, -0.25) is 0 Å². The molecule has 7 heteroatoms. The molecule has 0 saturated heterocycles. The van der Waals surface area contributed by atoms with Gasteiger partial charge in [-0.15, -0.1) is 0 Å². The van der Waals surface area contributed by atoms with E-state index in [0.29, 0.717) is 41.5 Å². The molecule has 0 spiro atoms. The molecular weight excluding hydrogens is 289 g/mol. The molecule has 0 aromatic carbocycles. The van der Waals surface area contributed by atoms with Crippen molar-refractivity contribution in [2.45, 2.75) is 6.42 Å². The second-order valence-electron chi connectivity index (χ2n) is 3.78. The van der Waals surface area contributed by atoms with Gasteiger partial charge in [0.15, 0.2) is 0 Å². The van der Waals surface area contributed by atoms with Crippen LogP contribution in [0.25, 0.3) is 0 Å². The van der Waals surface area contributed by atoms with Crippen LogP contribution >= 0.6 is 23.2 Å². The topological polar surface area (TPSA) is 55.4 Å². The Morgan fingerprint density at radius 2 is 1.89 bits per heavy atom. The molecule has 0 saturated carbocycles. The van der Waals surface area contributed by atoms with E-state index in [9.17, 15) is 0 Å². The molecule has 108 valence electrons. The number of rotatable bonds is 9. The van der Waals surface area contributed by atoms with Crippen molar-refractivity contribution in [1.82, 2.24) is 4.98 Å². The van der Waals surface area contributed by atoms with Crippen molar-refractivity contribution in [2.75, 3.05) is 51.2 Å². The van der Waals surface area contributed by atoms with E-state index in [1.54, 1.807) is 20.2 Å². The molecule has 0 bridgehead atoms. The van der Waals surface area contributed by atoms with Crippen LogP contribution in [0.1, 0.15) is 6.42 Å². The third-order valence-corrected chi connectivity index (χ3v) is 2.93. The molecule has 0 aliphatic rings. The molecule has 1 rings (SSSR count). The highest BCUT2D eigenvalue weighted by Crippen LogP contribution is 2.28. The van der Waals surface area contributed by atoms with Crippen molar-refractivity contribution in [3.8, 4) is 0 Å². The van der Waals surface area contributed by atoms with Crippen LogP contribution in [0.3, 0.4) is 0 Å². The number of methoxy groups -OCH3 is 1. The van der Waals surface area contributed by atoms with Crippen molar-refractivity contribution in [3.05, 3.63) is 16.1 Å². The van der Waals surface area contributed by atoms with Crippen LogP contribution in [0.15, 0.2) is 6.07 Å². The first-order valence-corrected chi connectivity index (χ1v) is 6.79. The second-order valence-corrected chi connectivity index (χ2v) is 4.60. The third kappa shape index (κ3) is 5.82. The Morgan fingerprint density at radius 3 is 2.58 bits per heavy atom. The summed E-state index contributed by atoms with van der Waals surface area (Å²) in [7, 11) is 3.41. The maximum absolute atomic E-state index is 6.05. The minimum atomic E-state index is 0.501. The molecule has 0 aliphatic carbocycles. The van der Waals surface area contributed by atoms with Crippen molar-refractivity contribution in [3.63, 3.8) is 0 Å². The van der Waals surface area contributed by atoms with Crippen molar-refractivity contribution >= 4 is 34.8 Å². The quantitative estimate of drug-likeness (QED) is 0.687. The van der Waals surface area contributed by atoms with Gasteiger partial charge in [0.05, 0.1) is 23.3 Å². The maximum atomic E-state index is 6.05. The van der Waals surface area contributed by atoms with Crippen molar-refractivity contribution < 1.29 is 9.47 Å². The molecule has 5 nitrogen and oxygen atoms in total. The summed E-state index contributed by atoms with van der Waals surface area (Å²) in [5.41, 5.74) is 0. The van der Waals surface area contributed by atoms with Crippen molar-refractivity contribution in [1.29, 1.82) is 0 Å². The number of aromatic nitrogens is 1. The lowest BCUT2D eigenvalue weighted by Gasteiger charge is -2.10. The zero-order valence-corrected chi connectivity index (χ0v) is 12.6. The fraction of sp³-hybridized carbons (Fsp3) is 0.583. The number of halogens is 2. The molecule has 2 N–H and O–H groups in total. The van der Waals surface area contributed by atoms with Gasteiger partial charge in [0.2, 0.25) is 0 Å². The molecule has 1 heterocycles. The number of ether oxygens (including phenoxy) is 2. The average molecular weight is 308 g/mol. The van der Waals surface area contributed by atoms with Crippen LogP contribution in [0.4, 0.5) is 11.6 Å². The number of anilines is 2. The number of nitrogens with one attached hydrogen (secondary N) is 2. The summed E-state index contributed by atoms with van der Waals surface area (Å²) < 4.78 is 10.2. The Labute approximate surface area is 123 Å². The van der Waals surface area contributed by atoms with E-state index in [4.69, 9.17) is 32.7 Å². The monoisotopic (exact) mass is 307 g/mol. The average Bonchev–Trinajstić information content (AvgIpc) is 2.40. The van der Waals surface area contributed by atoms with Gasteiger partial charge in [0.25, 0.3) is 0 Å².